The standard InChI is InChI=1S/C18H12FN3O2S2/c19-11-2-3-13-16(6-11)26-15-4-1-10(5-14(15)22-18(13)24)17(23)21-8-12-7-20-9-25-12/h1-7,9H,8H2,(H,21,23)(H,22,24). The number of hydrogen-bond donors (Lipinski definition) is 2. The van der Waals surface area contributed by atoms with Gasteiger partial charge in [-0.25, -0.2) is 4.39 Å². The first-order valence-electron chi connectivity index (χ1n) is 7.68. The number of benzene rings is 2. The highest BCUT2D eigenvalue weighted by Crippen LogP contribution is 2.39. The SMILES string of the molecule is O=C(NCc1cncs1)c1ccc2c(c1)NC(=O)c1ccc(F)cc1S2. The summed E-state index contributed by atoms with van der Waals surface area (Å²) in [4.78, 5) is 31.0. The number of anilines is 1. The molecule has 1 aliphatic heterocycles. The first-order chi connectivity index (χ1) is 12.6. The van der Waals surface area contributed by atoms with Crippen LogP contribution in [0.25, 0.3) is 0 Å². The molecule has 3 aromatic rings. The van der Waals surface area contributed by atoms with Gasteiger partial charge in [0, 0.05) is 26.4 Å². The number of thiazole rings is 1. The van der Waals surface area contributed by atoms with E-state index in [1.165, 1.54) is 41.3 Å². The van der Waals surface area contributed by atoms with Crippen LogP contribution in [-0.2, 0) is 6.54 Å². The number of amides is 2. The van der Waals surface area contributed by atoms with Crippen LogP contribution in [0.5, 0.6) is 0 Å². The predicted octanol–water partition coefficient (Wildman–Crippen LogP) is 3.93. The molecule has 1 aliphatic rings. The lowest BCUT2D eigenvalue weighted by Crippen LogP contribution is -2.22. The Labute approximate surface area is 156 Å². The maximum absolute atomic E-state index is 13.5. The Morgan fingerprint density at radius 1 is 1.19 bits per heavy atom. The Balaban J connectivity index is 1.58. The van der Waals surface area contributed by atoms with Gasteiger partial charge in [0.2, 0.25) is 0 Å². The van der Waals surface area contributed by atoms with Crippen LogP contribution < -0.4 is 10.6 Å². The summed E-state index contributed by atoms with van der Waals surface area (Å²) < 4.78 is 13.5. The molecule has 2 heterocycles. The van der Waals surface area contributed by atoms with E-state index >= 15 is 0 Å². The number of fused-ring (bicyclic) bond motifs is 2. The third kappa shape index (κ3) is 3.33. The minimum Gasteiger partial charge on any atom is -0.347 e. The zero-order valence-electron chi connectivity index (χ0n) is 13.3. The summed E-state index contributed by atoms with van der Waals surface area (Å²) in [6.07, 6.45) is 1.70. The van der Waals surface area contributed by atoms with Crippen LogP contribution in [0, 0.1) is 5.82 Å². The molecular formula is C18H12FN3O2S2. The molecule has 130 valence electrons. The van der Waals surface area contributed by atoms with Gasteiger partial charge in [0.05, 0.1) is 23.3 Å². The van der Waals surface area contributed by atoms with Gasteiger partial charge in [-0.05, 0) is 36.4 Å². The highest BCUT2D eigenvalue weighted by Gasteiger charge is 2.21. The molecule has 2 N–H and O–H groups in total. The van der Waals surface area contributed by atoms with Crippen LogP contribution in [0.15, 0.2) is 57.9 Å². The number of hydrogen-bond acceptors (Lipinski definition) is 5. The van der Waals surface area contributed by atoms with Crippen molar-refractivity contribution in [3.63, 3.8) is 0 Å². The normalized spacial score (nSPS) is 12.6. The average molecular weight is 385 g/mol. The maximum atomic E-state index is 13.5. The lowest BCUT2D eigenvalue weighted by molar-refractivity contribution is 0.0949. The zero-order chi connectivity index (χ0) is 18.1. The van der Waals surface area contributed by atoms with E-state index in [-0.39, 0.29) is 11.8 Å². The largest absolute Gasteiger partial charge is 0.347 e. The molecule has 0 fully saturated rings. The van der Waals surface area contributed by atoms with Crippen LogP contribution in [0.2, 0.25) is 0 Å². The van der Waals surface area contributed by atoms with E-state index in [2.05, 4.69) is 15.6 Å². The van der Waals surface area contributed by atoms with Crippen molar-refractivity contribution in [2.24, 2.45) is 0 Å². The molecule has 0 aliphatic carbocycles. The molecule has 8 heteroatoms. The lowest BCUT2D eigenvalue weighted by atomic mass is 10.1. The first-order valence-corrected chi connectivity index (χ1v) is 9.38. The zero-order valence-corrected chi connectivity index (χ0v) is 14.9. The Hall–Kier alpha value is -2.71. The lowest BCUT2D eigenvalue weighted by Gasteiger charge is -2.09. The topological polar surface area (TPSA) is 71.1 Å². The van der Waals surface area contributed by atoms with Crippen LogP contribution in [0.1, 0.15) is 25.6 Å². The quantitative estimate of drug-likeness (QED) is 0.717. The molecule has 0 atom stereocenters. The number of nitrogens with zero attached hydrogens (tertiary/aromatic N) is 1. The monoisotopic (exact) mass is 385 g/mol. The minimum atomic E-state index is -0.397. The van der Waals surface area contributed by atoms with Gasteiger partial charge in [0.15, 0.2) is 0 Å². The molecule has 0 bridgehead atoms. The Bertz CT molecular complexity index is 1010. The fourth-order valence-corrected chi connectivity index (χ4v) is 4.10. The van der Waals surface area contributed by atoms with Crippen molar-refractivity contribution < 1.29 is 14.0 Å². The van der Waals surface area contributed by atoms with Crippen LogP contribution >= 0.6 is 23.1 Å². The van der Waals surface area contributed by atoms with E-state index in [0.29, 0.717) is 28.3 Å². The summed E-state index contributed by atoms with van der Waals surface area (Å²) in [5.41, 5.74) is 3.08. The van der Waals surface area contributed by atoms with Gasteiger partial charge in [-0.3, -0.25) is 14.6 Å². The second kappa shape index (κ2) is 6.89. The van der Waals surface area contributed by atoms with E-state index in [4.69, 9.17) is 0 Å². The smallest absolute Gasteiger partial charge is 0.256 e. The van der Waals surface area contributed by atoms with Gasteiger partial charge in [0.1, 0.15) is 5.82 Å². The molecule has 0 saturated heterocycles. The second-order valence-corrected chi connectivity index (χ2v) is 7.61. The molecule has 0 radical (unpaired) electrons. The number of carbonyl (C=O) groups excluding carboxylic acids is 2. The molecule has 0 unspecified atom stereocenters. The number of rotatable bonds is 3. The molecule has 2 amide bonds. The summed E-state index contributed by atoms with van der Waals surface area (Å²) >= 11 is 2.75. The number of nitrogens with one attached hydrogen (secondary N) is 2. The van der Waals surface area contributed by atoms with Gasteiger partial charge in [-0.15, -0.1) is 11.3 Å². The molecule has 5 nitrogen and oxygen atoms in total. The summed E-state index contributed by atoms with van der Waals surface area (Å²) in [6, 6.07) is 9.12. The third-order valence-electron chi connectivity index (χ3n) is 3.80. The van der Waals surface area contributed by atoms with Gasteiger partial charge in [-0.2, -0.15) is 0 Å². The van der Waals surface area contributed by atoms with Crippen molar-refractivity contribution in [1.29, 1.82) is 0 Å². The molecule has 4 rings (SSSR count). The number of carbonyl (C=O) groups is 2. The summed E-state index contributed by atoms with van der Waals surface area (Å²) in [6.45, 7) is 0.395. The number of aromatic nitrogens is 1. The van der Waals surface area contributed by atoms with Gasteiger partial charge in [-0.1, -0.05) is 11.8 Å². The second-order valence-electron chi connectivity index (χ2n) is 5.56. The molecule has 2 aromatic carbocycles. The van der Waals surface area contributed by atoms with Crippen LogP contribution in [0.4, 0.5) is 10.1 Å². The van der Waals surface area contributed by atoms with Crippen LogP contribution in [-0.4, -0.2) is 16.8 Å². The van der Waals surface area contributed by atoms with E-state index < -0.39 is 5.82 Å². The minimum absolute atomic E-state index is 0.242. The van der Waals surface area contributed by atoms with Crippen molar-refractivity contribution in [3.8, 4) is 0 Å². The fourth-order valence-electron chi connectivity index (χ4n) is 2.53. The third-order valence-corrected chi connectivity index (χ3v) is 5.72. The average Bonchev–Trinajstić information content (AvgIpc) is 3.10. The van der Waals surface area contributed by atoms with E-state index in [1.54, 1.807) is 29.9 Å². The van der Waals surface area contributed by atoms with Crippen molar-refractivity contribution in [1.82, 2.24) is 10.3 Å². The molecule has 0 spiro atoms. The van der Waals surface area contributed by atoms with E-state index in [0.717, 1.165) is 9.77 Å². The van der Waals surface area contributed by atoms with Crippen LogP contribution in [0.3, 0.4) is 0 Å². The summed E-state index contributed by atoms with van der Waals surface area (Å²) in [5.74, 6) is -0.965. The Morgan fingerprint density at radius 3 is 2.88 bits per heavy atom. The molecule has 0 saturated carbocycles. The van der Waals surface area contributed by atoms with Crippen molar-refractivity contribution in [2.75, 3.05) is 5.32 Å². The highest BCUT2D eigenvalue weighted by atomic mass is 32.2. The van der Waals surface area contributed by atoms with E-state index in [9.17, 15) is 14.0 Å². The van der Waals surface area contributed by atoms with Gasteiger partial charge >= 0.3 is 0 Å². The van der Waals surface area contributed by atoms with Gasteiger partial charge in [0.25, 0.3) is 11.8 Å². The number of halogens is 1. The van der Waals surface area contributed by atoms with Crippen molar-refractivity contribution in [3.05, 3.63) is 69.9 Å². The van der Waals surface area contributed by atoms with E-state index in [1.807, 2.05) is 0 Å². The molecule has 1 aromatic heterocycles. The molecular weight excluding hydrogens is 373 g/mol. The fraction of sp³-hybridized carbons (Fsp3) is 0.0556. The maximum Gasteiger partial charge on any atom is 0.256 e. The van der Waals surface area contributed by atoms with Crippen molar-refractivity contribution in [2.45, 2.75) is 16.3 Å². The highest BCUT2D eigenvalue weighted by molar-refractivity contribution is 7.99. The summed E-state index contributed by atoms with van der Waals surface area (Å²) in [5, 5.41) is 5.61. The Morgan fingerprint density at radius 2 is 2.08 bits per heavy atom. The predicted molar refractivity (Wildman–Crippen MR) is 98.2 cm³/mol. The first kappa shape index (κ1) is 16.7. The summed E-state index contributed by atoms with van der Waals surface area (Å²) in [7, 11) is 0. The molecule has 26 heavy (non-hydrogen) atoms. The Kier molecular flexibility index (Phi) is 4.44. The van der Waals surface area contributed by atoms with Crippen molar-refractivity contribution >= 4 is 40.6 Å². The van der Waals surface area contributed by atoms with Gasteiger partial charge < -0.3 is 10.6 Å².